The molecule has 3 aromatic carbocycles. The number of benzene rings is 3. The molecule has 0 saturated heterocycles. The number of hydrogen-bond acceptors (Lipinski definition) is 3. The van der Waals surface area contributed by atoms with Gasteiger partial charge in [-0.25, -0.2) is 8.42 Å². The molecule has 0 spiro atoms. The fourth-order valence-corrected chi connectivity index (χ4v) is 5.07. The summed E-state index contributed by atoms with van der Waals surface area (Å²) in [5.74, 6) is -0.371. The zero-order chi connectivity index (χ0) is 23.5. The molecule has 0 aliphatic rings. The van der Waals surface area contributed by atoms with Crippen LogP contribution in [0.25, 0.3) is 0 Å². The average Bonchev–Trinajstić information content (AvgIpc) is 2.71. The molecule has 1 amide bonds. The fourth-order valence-electron chi connectivity index (χ4n) is 3.91. The summed E-state index contributed by atoms with van der Waals surface area (Å²) >= 11 is 0. The van der Waals surface area contributed by atoms with Crippen LogP contribution in [0.1, 0.15) is 40.8 Å². The van der Waals surface area contributed by atoms with Crippen molar-refractivity contribution in [3.05, 3.63) is 101 Å². The van der Waals surface area contributed by atoms with Gasteiger partial charge in [0.15, 0.2) is 0 Å². The molecular weight excluding hydrogens is 420 g/mol. The van der Waals surface area contributed by atoms with E-state index in [1.54, 1.807) is 19.1 Å². The number of carbonyl (C=O) groups excluding carboxylic acids is 1. The number of sulfonamides is 1. The molecule has 0 aliphatic carbocycles. The van der Waals surface area contributed by atoms with Crippen LogP contribution >= 0.6 is 0 Å². The van der Waals surface area contributed by atoms with Crippen molar-refractivity contribution in [2.45, 2.75) is 39.8 Å². The predicted octanol–water partition coefficient (Wildman–Crippen LogP) is 4.67. The first kappa shape index (κ1) is 23.5. The van der Waals surface area contributed by atoms with Gasteiger partial charge in [-0.1, -0.05) is 66.2 Å². The summed E-state index contributed by atoms with van der Waals surface area (Å²) < 4.78 is 26.6. The Morgan fingerprint density at radius 2 is 1.34 bits per heavy atom. The summed E-state index contributed by atoms with van der Waals surface area (Å²) in [5, 5.41) is 3.08. The molecule has 32 heavy (non-hydrogen) atoms. The Bertz CT molecular complexity index is 1170. The second-order valence-electron chi connectivity index (χ2n) is 8.34. The van der Waals surface area contributed by atoms with Crippen molar-refractivity contribution in [3.8, 4) is 0 Å². The third-order valence-electron chi connectivity index (χ3n) is 5.38. The second-order valence-corrected chi connectivity index (χ2v) is 10.2. The van der Waals surface area contributed by atoms with Crippen LogP contribution in [0.5, 0.6) is 0 Å². The highest BCUT2D eigenvalue weighted by Crippen LogP contribution is 2.26. The van der Waals surface area contributed by atoms with E-state index in [0.717, 1.165) is 34.1 Å². The van der Waals surface area contributed by atoms with Gasteiger partial charge in [-0.2, -0.15) is 0 Å². The van der Waals surface area contributed by atoms with Crippen molar-refractivity contribution in [2.75, 3.05) is 10.6 Å². The fraction of sp³-hybridized carbons (Fsp3) is 0.269. The van der Waals surface area contributed by atoms with Crippen molar-refractivity contribution in [1.82, 2.24) is 5.32 Å². The van der Waals surface area contributed by atoms with Crippen LogP contribution in [0.4, 0.5) is 5.69 Å². The predicted molar refractivity (Wildman–Crippen MR) is 130 cm³/mol. The van der Waals surface area contributed by atoms with Crippen LogP contribution in [-0.2, 0) is 14.8 Å². The van der Waals surface area contributed by atoms with Crippen LogP contribution in [0, 0.1) is 20.8 Å². The molecule has 0 radical (unpaired) electrons. The molecule has 1 N–H and O–H groups in total. The van der Waals surface area contributed by atoms with Crippen molar-refractivity contribution in [3.63, 3.8) is 0 Å². The van der Waals surface area contributed by atoms with Crippen LogP contribution < -0.4 is 9.62 Å². The molecule has 6 heteroatoms. The lowest BCUT2D eigenvalue weighted by Crippen LogP contribution is -2.48. The van der Waals surface area contributed by atoms with E-state index in [0.29, 0.717) is 5.69 Å². The number of nitrogens with zero attached hydrogens (tertiary/aromatic N) is 1. The van der Waals surface area contributed by atoms with Gasteiger partial charge in [0, 0.05) is 0 Å². The molecule has 2 atom stereocenters. The smallest absolute Gasteiger partial charge is 0.244 e. The van der Waals surface area contributed by atoms with E-state index in [2.05, 4.69) is 5.32 Å². The Balaban J connectivity index is 1.97. The Hall–Kier alpha value is -3.12. The zero-order valence-electron chi connectivity index (χ0n) is 19.2. The van der Waals surface area contributed by atoms with Gasteiger partial charge in [-0.15, -0.1) is 0 Å². The molecule has 0 fully saturated rings. The van der Waals surface area contributed by atoms with E-state index in [1.807, 2.05) is 81.4 Å². The van der Waals surface area contributed by atoms with Gasteiger partial charge in [0.05, 0.1) is 18.0 Å². The first-order valence-corrected chi connectivity index (χ1v) is 12.4. The number of aryl methyl sites for hydroxylation is 3. The number of rotatable bonds is 7. The number of amides is 1. The van der Waals surface area contributed by atoms with E-state index in [9.17, 15) is 13.2 Å². The molecule has 3 rings (SSSR count). The molecule has 3 aromatic rings. The number of hydrogen-bond donors (Lipinski definition) is 1. The molecule has 0 saturated carbocycles. The third-order valence-corrected chi connectivity index (χ3v) is 6.62. The van der Waals surface area contributed by atoms with E-state index < -0.39 is 22.1 Å². The van der Waals surface area contributed by atoms with Gasteiger partial charge >= 0.3 is 0 Å². The maximum atomic E-state index is 13.4. The summed E-state index contributed by atoms with van der Waals surface area (Å²) in [6.45, 7) is 7.44. The lowest BCUT2D eigenvalue weighted by Gasteiger charge is -2.30. The van der Waals surface area contributed by atoms with Gasteiger partial charge in [0.2, 0.25) is 15.9 Å². The summed E-state index contributed by atoms with van der Waals surface area (Å²) in [5.41, 5.74) is 5.33. The molecule has 5 nitrogen and oxygen atoms in total. The Morgan fingerprint density at radius 3 is 1.88 bits per heavy atom. The molecular formula is C26H30N2O3S. The standard InChI is InChI=1S/C26H30N2O3S/c1-18-11-13-23(14-12-18)25(22-9-7-6-8-10-22)27-26(29)21(4)28(32(5,30)31)24-16-19(2)15-20(3)17-24/h6-17,21,25H,1-5H3,(H,27,29)/t21-,25-/m1/s1. The largest absolute Gasteiger partial charge is 0.343 e. The van der Waals surface area contributed by atoms with Crippen LogP contribution in [0.2, 0.25) is 0 Å². The SMILES string of the molecule is Cc1ccc([C@H](NC(=O)[C@@H](C)N(c2cc(C)cc(C)c2)S(C)(=O)=O)c2ccccc2)cc1. The lowest BCUT2D eigenvalue weighted by molar-refractivity contribution is -0.122. The van der Waals surface area contributed by atoms with Crippen molar-refractivity contribution >= 4 is 21.6 Å². The highest BCUT2D eigenvalue weighted by Gasteiger charge is 2.31. The maximum absolute atomic E-state index is 13.4. The summed E-state index contributed by atoms with van der Waals surface area (Å²) in [6.07, 6.45) is 1.13. The lowest BCUT2D eigenvalue weighted by atomic mass is 9.97. The quantitative estimate of drug-likeness (QED) is 0.569. The average molecular weight is 451 g/mol. The molecule has 168 valence electrons. The normalized spacial score (nSPS) is 13.3. The Kier molecular flexibility index (Phi) is 7.04. The minimum absolute atomic E-state index is 0.371. The van der Waals surface area contributed by atoms with Gasteiger partial charge < -0.3 is 5.32 Å². The first-order chi connectivity index (χ1) is 15.1. The monoisotopic (exact) mass is 450 g/mol. The van der Waals surface area contributed by atoms with Crippen LogP contribution in [0.15, 0.2) is 72.8 Å². The van der Waals surface area contributed by atoms with E-state index >= 15 is 0 Å². The molecule has 0 unspecified atom stereocenters. The van der Waals surface area contributed by atoms with Crippen molar-refractivity contribution in [1.29, 1.82) is 0 Å². The number of anilines is 1. The Labute approximate surface area is 191 Å². The molecule has 0 bridgehead atoms. The minimum atomic E-state index is -3.69. The third kappa shape index (κ3) is 5.56. The zero-order valence-corrected chi connectivity index (χ0v) is 20.0. The Morgan fingerprint density at radius 1 is 0.812 bits per heavy atom. The van der Waals surface area contributed by atoms with Crippen molar-refractivity contribution < 1.29 is 13.2 Å². The first-order valence-electron chi connectivity index (χ1n) is 10.6. The van der Waals surface area contributed by atoms with Crippen molar-refractivity contribution in [2.24, 2.45) is 0 Å². The van der Waals surface area contributed by atoms with Crippen LogP contribution in [0.3, 0.4) is 0 Å². The van der Waals surface area contributed by atoms with E-state index in [-0.39, 0.29) is 5.91 Å². The minimum Gasteiger partial charge on any atom is -0.343 e. The summed E-state index contributed by atoms with van der Waals surface area (Å²) in [7, 11) is -3.69. The second kappa shape index (κ2) is 9.57. The van der Waals surface area contributed by atoms with Crippen LogP contribution in [-0.4, -0.2) is 26.6 Å². The van der Waals surface area contributed by atoms with Gasteiger partial charge in [0.25, 0.3) is 0 Å². The highest BCUT2D eigenvalue weighted by atomic mass is 32.2. The molecule has 0 aliphatic heterocycles. The maximum Gasteiger partial charge on any atom is 0.244 e. The number of nitrogens with one attached hydrogen (secondary N) is 1. The summed E-state index contributed by atoms with van der Waals surface area (Å²) in [4.78, 5) is 13.4. The number of carbonyl (C=O) groups is 1. The van der Waals surface area contributed by atoms with E-state index in [1.165, 1.54) is 4.31 Å². The highest BCUT2D eigenvalue weighted by molar-refractivity contribution is 7.92. The van der Waals surface area contributed by atoms with E-state index in [4.69, 9.17) is 0 Å². The summed E-state index contributed by atoms with van der Waals surface area (Å²) in [6, 6.07) is 21.8. The van der Waals surface area contributed by atoms with Gasteiger partial charge in [-0.05, 0) is 62.1 Å². The topological polar surface area (TPSA) is 66.5 Å². The molecule has 0 heterocycles. The molecule has 0 aromatic heterocycles. The van der Waals surface area contributed by atoms with Gasteiger partial charge in [0.1, 0.15) is 6.04 Å². The van der Waals surface area contributed by atoms with Gasteiger partial charge in [-0.3, -0.25) is 9.10 Å².